The Morgan fingerprint density at radius 2 is 2.38 bits per heavy atom. The maximum absolute atomic E-state index is 11.1. The van der Waals surface area contributed by atoms with Crippen molar-refractivity contribution in [1.29, 1.82) is 0 Å². The molecule has 0 aliphatic carbocycles. The van der Waals surface area contributed by atoms with Crippen molar-refractivity contribution in [3.8, 4) is 0 Å². The van der Waals surface area contributed by atoms with Crippen molar-refractivity contribution in [3.05, 3.63) is 0 Å². The molecule has 5 heteroatoms. The lowest BCUT2D eigenvalue weighted by atomic mass is 10.1. The van der Waals surface area contributed by atoms with Gasteiger partial charge < -0.3 is 10.1 Å². The van der Waals surface area contributed by atoms with Crippen LogP contribution in [0.5, 0.6) is 0 Å². The van der Waals surface area contributed by atoms with E-state index in [1.807, 2.05) is 6.92 Å². The number of nitrogens with one attached hydrogen (secondary N) is 1. The number of thioether (sulfide) groups is 1. The number of nitrogens with zero attached hydrogens (tertiary/aromatic N) is 1. The predicted molar refractivity (Wildman–Crippen MR) is 67.8 cm³/mol. The Hall–Kier alpha value is -0.710. The van der Waals surface area contributed by atoms with E-state index in [4.69, 9.17) is 4.74 Å². The van der Waals surface area contributed by atoms with E-state index in [1.54, 1.807) is 11.8 Å². The summed E-state index contributed by atoms with van der Waals surface area (Å²) in [4.78, 5) is 15.4. The second-order valence-corrected chi connectivity index (χ2v) is 4.97. The van der Waals surface area contributed by atoms with Gasteiger partial charge in [-0.3, -0.25) is 9.79 Å². The smallest absolute Gasteiger partial charge is 0.307 e. The Labute approximate surface area is 101 Å². The zero-order valence-corrected chi connectivity index (χ0v) is 11.0. The van der Waals surface area contributed by atoms with E-state index in [2.05, 4.69) is 24.2 Å². The van der Waals surface area contributed by atoms with E-state index in [0.717, 1.165) is 10.9 Å². The highest BCUT2D eigenvalue weighted by molar-refractivity contribution is 8.13. The minimum Gasteiger partial charge on any atom is -0.466 e. The van der Waals surface area contributed by atoms with Crippen LogP contribution < -0.4 is 5.32 Å². The Morgan fingerprint density at radius 1 is 1.62 bits per heavy atom. The maximum atomic E-state index is 11.1. The summed E-state index contributed by atoms with van der Waals surface area (Å²) in [7, 11) is 0. The molecule has 16 heavy (non-hydrogen) atoms. The summed E-state index contributed by atoms with van der Waals surface area (Å²) in [6, 6.07) is 0.461. The third-order valence-corrected chi connectivity index (χ3v) is 3.78. The third kappa shape index (κ3) is 4.43. The maximum Gasteiger partial charge on any atom is 0.307 e. The topological polar surface area (TPSA) is 50.7 Å². The molecular weight excluding hydrogens is 224 g/mol. The summed E-state index contributed by atoms with van der Waals surface area (Å²) in [5.41, 5.74) is 0. The molecular formula is C11H20N2O2S. The molecule has 1 fully saturated rings. The van der Waals surface area contributed by atoms with Crippen molar-refractivity contribution in [2.24, 2.45) is 10.9 Å². The van der Waals surface area contributed by atoms with E-state index in [1.165, 1.54) is 0 Å². The SMILES string of the molecule is CCOC(=O)CCN=C1NC(C)C(C)CS1. The second kappa shape index (κ2) is 6.78. The predicted octanol–water partition coefficient (Wildman–Crippen LogP) is 1.66. The molecule has 0 spiro atoms. The van der Waals surface area contributed by atoms with Crippen LogP contribution in [0.3, 0.4) is 0 Å². The molecule has 1 heterocycles. The second-order valence-electron chi connectivity index (χ2n) is 3.96. The molecule has 2 unspecified atom stereocenters. The number of ether oxygens (including phenoxy) is 1. The highest BCUT2D eigenvalue weighted by atomic mass is 32.2. The summed E-state index contributed by atoms with van der Waals surface area (Å²) in [5, 5.41) is 4.29. The zero-order valence-electron chi connectivity index (χ0n) is 10.2. The quantitative estimate of drug-likeness (QED) is 0.764. The number of carbonyl (C=O) groups is 1. The van der Waals surface area contributed by atoms with Crippen molar-refractivity contribution in [3.63, 3.8) is 0 Å². The van der Waals surface area contributed by atoms with Crippen LogP contribution in [-0.4, -0.2) is 36.1 Å². The number of rotatable bonds is 4. The first kappa shape index (κ1) is 13.4. The van der Waals surface area contributed by atoms with Crippen LogP contribution in [0.2, 0.25) is 0 Å². The van der Waals surface area contributed by atoms with E-state index < -0.39 is 0 Å². The zero-order chi connectivity index (χ0) is 12.0. The van der Waals surface area contributed by atoms with Crippen LogP contribution in [0, 0.1) is 5.92 Å². The van der Waals surface area contributed by atoms with Crippen LogP contribution >= 0.6 is 11.8 Å². The highest BCUT2D eigenvalue weighted by Gasteiger charge is 2.20. The Kier molecular flexibility index (Phi) is 5.66. The van der Waals surface area contributed by atoms with Crippen molar-refractivity contribution < 1.29 is 9.53 Å². The summed E-state index contributed by atoms with van der Waals surface area (Å²) in [5.74, 6) is 1.58. The molecule has 2 atom stereocenters. The van der Waals surface area contributed by atoms with Crippen molar-refractivity contribution >= 4 is 22.9 Å². The molecule has 4 nitrogen and oxygen atoms in total. The van der Waals surface area contributed by atoms with E-state index in [-0.39, 0.29) is 5.97 Å². The fraction of sp³-hybridized carbons (Fsp3) is 0.818. The molecule has 0 aromatic rings. The van der Waals surface area contributed by atoms with Gasteiger partial charge in [-0.25, -0.2) is 0 Å². The van der Waals surface area contributed by atoms with E-state index in [0.29, 0.717) is 31.5 Å². The number of amidine groups is 1. The number of esters is 1. The summed E-state index contributed by atoms with van der Waals surface area (Å²) in [6.07, 6.45) is 0.365. The van der Waals surface area contributed by atoms with E-state index >= 15 is 0 Å². The first-order valence-corrected chi connectivity index (χ1v) is 6.71. The average Bonchev–Trinajstić information content (AvgIpc) is 2.24. The molecule has 1 saturated heterocycles. The third-order valence-electron chi connectivity index (χ3n) is 2.56. The molecule has 1 N–H and O–H groups in total. The van der Waals surface area contributed by atoms with E-state index in [9.17, 15) is 4.79 Å². The van der Waals surface area contributed by atoms with Crippen LogP contribution in [-0.2, 0) is 9.53 Å². The van der Waals surface area contributed by atoms with Gasteiger partial charge in [0.05, 0.1) is 19.6 Å². The molecule has 0 radical (unpaired) electrons. The van der Waals surface area contributed by atoms with Gasteiger partial charge in [0.25, 0.3) is 0 Å². The van der Waals surface area contributed by atoms with Crippen molar-refractivity contribution in [2.45, 2.75) is 33.2 Å². The lowest BCUT2D eigenvalue weighted by Gasteiger charge is -2.28. The van der Waals surface area contributed by atoms with Gasteiger partial charge >= 0.3 is 5.97 Å². The van der Waals surface area contributed by atoms with Gasteiger partial charge in [0.1, 0.15) is 0 Å². The summed E-state index contributed by atoms with van der Waals surface area (Å²) < 4.78 is 4.83. The highest BCUT2D eigenvalue weighted by Crippen LogP contribution is 2.19. The van der Waals surface area contributed by atoms with Gasteiger partial charge in [-0.2, -0.15) is 0 Å². The number of aliphatic imine (C=N–C) groups is 1. The van der Waals surface area contributed by atoms with Crippen LogP contribution in [0.15, 0.2) is 4.99 Å². The number of hydrogen-bond acceptors (Lipinski definition) is 4. The lowest BCUT2D eigenvalue weighted by molar-refractivity contribution is -0.142. The van der Waals surface area contributed by atoms with Gasteiger partial charge in [0, 0.05) is 11.8 Å². The van der Waals surface area contributed by atoms with Gasteiger partial charge in [0.15, 0.2) is 5.17 Å². The van der Waals surface area contributed by atoms with Gasteiger partial charge in [-0.1, -0.05) is 18.7 Å². The fourth-order valence-corrected chi connectivity index (χ4v) is 2.47. The molecule has 0 aromatic carbocycles. The Balaban J connectivity index is 2.27. The van der Waals surface area contributed by atoms with Gasteiger partial charge in [-0.05, 0) is 19.8 Å². The Morgan fingerprint density at radius 3 is 3.00 bits per heavy atom. The summed E-state index contributed by atoms with van der Waals surface area (Å²) in [6.45, 7) is 7.14. The molecule has 1 aliphatic rings. The standard InChI is InChI=1S/C11H20N2O2S/c1-4-15-10(14)5-6-12-11-13-9(3)8(2)7-16-11/h8-9H,4-7H2,1-3H3,(H,12,13). The fourth-order valence-electron chi connectivity index (χ4n) is 1.31. The van der Waals surface area contributed by atoms with Crippen LogP contribution in [0.4, 0.5) is 0 Å². The van der Waals surface area contributed by atoms with Crippen molar-refractivity contribution in [1.82, 2.24) is 5.32 Å². The molecule has 0 saturated carbocycles. The largest absolute Gasteiger partial charge is 0.466 e. The molecule has 1 rings (SSSR count). The number of carbonyl (C=O) groups excluding carboxylic acids is 1. The normalized spacial score (nSPS) is 27.6. The minimum absolute atomic E-state index is 0.172. The Bertz CT molecular complexity index is 269. The van der Waals surface area contributed by atoms with Crippen molar-refractivity contribution in [2.75, 3.05) is 18.9 Å². The molecule has 0 aromatic heterocycles. The molecule has 0 bridgehead atoms. The summed E-state index contributed by atoms with van der Waals surface area (Å²) >= 11 is 1.73. The molecule has 0 amide bonds. The lowest BCUT2D eigenvalue weighted by Crippen LogP contribution is -2.41. The van der Waals surface area contributed by atoms with Gasteiger partial charge in [-0.15, -0.1) is 0 Å². The van der Waals surface area contributed by atoms with Crippen LogP contribution in [0.25, 0.3) is 0 Å². The van der Waals surface area contributed by atoms with Gasteiger partial charge in [0.2, 0.25) is 0 Å². The number of hydrogen-bond donors (Lipinski definition) is 1. The molecule has 1 aliphatic heterocycles. The first-order valence-electron chi connectivity index (χ1n) is 5.73. The first-order chi connectivity index (χ1) is 7.63. The molecule has 92 valence electrons. The average molecular weight is 244 g/mol. The minimum atomic E-state index is -0.172. The van der Waals surface area contributed by atoms with Crippen LogP contribution in [0.1, 0.15) is 27.2 Å². The monoisotopic (exact) mass is 244 g/mol.